The van der Waals surface area contributed by atoms with E-state index in [2.05, 4.69) is 18.5 Å². The summed E-state index contributed by atoms with van der Waals surface area (Å²) in [7, 11) is 0. The molecule has 0 aliphatic heterocycles. The maximum atomic E-state index is 13.2. The zero-order chi connectivity index (χ0) is 22.3. The number of rotatable bonds is 9. The van der Waals surface area contributed by atoms with Crippen LogP contribution in [0.5, 0.6) is 0 Å². The third-order valence-electron chi connectivity index (χ3n) is 4.32. The number of halogens is 1. The molecular formula is C21H25ClN2O5. The average molecular weight is 421 g/mol. The first kappa shape index (κ1) is 24.1. The van der Waals surface area contributed by atoms with Crippen LogP contribution in [0.3, 0.4) is 0 Å². The molecule has 0 heterocycles. The molecule has 1 aromatic carbocycles. The Morgan fingerprint density at radius 1 is 1.00 bits per heavy atom. The van der Waals surface area contributed by atoms with E-state index in [0.29, 0.717) is 16.7 Å². The first-order chi connectivity index (χ1) is 13.6. The van der Waals surface area contributed by atoms with Crippen molar-refractivity contribution in [1.82, 2.24) is 4.90 Å². The Balaban J connectivity index is 3.58. The SMILES string of the molecule is C=CCN(CC=C)C(=O)c1c(C)c(NC(=O)COC(C)=O)c(C)c(C(=O)Cl)c1C. The molecule has 2 amide bonds. The number of carbonyl (C=O) groups is 4. The summed E-state index contributed by atoms with van der Waals surface area (Å²) in [5.74, 6) is -1.56. The molecule has 29 heavy (non-hydrogen) atoms. The summed E-state index contributed by atoms with van der Waals surface area (Å²) < 4.78 is 4.70. The van der Waals surface area contributed by atoms with Gasteiger partial charge in [0.2, 0.25) is 0 Å². The van der Waals surface area contributed by atoms with Gasteiger partial charge in [-0.05, 0) is 49.1 Å². The second-order valence-electron chi connectivity index (χ2n) is 6.39. The molecule has 0 fully saturated rings. The number of anilines is 1. The van der Waals surface area contributed by atoms with Crippen molar-refractivity contribution in [1.29, 1.82) is 0 Å². The number of esters is 1. The second kappa shape index (κ2) is 10.6. The van der Waals surface area contributed by atoms with Crippen LogP contribution in [0.15, 0.2) is 25.3 Å². The lowest BCUT2D eigenvalue weighted by Gasteiger charge is -2.25. The molecule has 0 saturated carbocycles. The summed E-state index contributed by atoms with van der Waals surface area (Å²) in [6.07, 6.45) is 3.16. The molecule has 0 aliphatic rings. The molecule has 7 nitrogen and oxygen atoms in total. The number of amides is 2. The van der Waals surface area contributed by atoms with Crippen molar-refractivity contribution >= 4 is 40.3 Å². The number of nitrogens with one attached hydrogen (secondary N) is 1. The van der Waals surface area contributed by atoms with Crippen LogP contribution in [0.4, 0.5) is 5.69 Å². The molecule has 0 bridgehead atoms. The second-order valence-corrected chi connectivity index (χ2v) is 6.73. The van der Waals surface area contributed by atoms with Crippen molar-refractivity contribution in [3.8, 4) is 0 Å². The number of hydrogen-bond acceptors (Lipinski definition) is 5. The summed E-state index contributed by atoms with van der Waals surface area (Å²) in [5.41, 5.74) is 1.98. The van der Waals surface area contributed by atoms with Gasteiger partial charge < -0.3 is 15.0 Å². The van der Waals surface area contributed by atoms with E-state index in [4.69, 9.17) is 16.3 Å². The maximum Gasteiger partial charge on any atom is 0.303 e. The van der Waals surface area contributed by atoms with Gasteiger partial charge in [0.05, 0.1) is 0 Å². The molecule has 0 aliphatic carbocycles. The predicted octanol–water partition coefficient (Wildman–Crippen LogP) is 3.31. The Kier molecular flexibility index (Phi) is 8.79. The Morgan fingerprint density at radius 2 is 1.52 bits per heavy atom. The van der Waals surface area contributed by atoms with E-state index in [1.54, 1.807) is 32.9 Å². The van der Waals surface area contributed by atoms with Crippen LogP contribution in [0.2, 0.25) is 0 Å². The zero-order valence-electron chi connectivity index (χ0n) is 17.1. The molecule has 8 heteroatoms. The fourth-order valence-electron chi connectivity index (χ4n) is 3.07. The van der Waals surface area contributed by atoms with Gasteiger partial charge in [0.15, 0.2) is 6.61 Å². The van der Waals surface area contributed by atoms with Crippen LogP contribution >= 0.6 is 11.6 Å². The summed E-state index contributed by atoms with van der Waals surface area (Å²) in [4.78, 5) is 49.9. The number of carbonyl (C=O) groups excluding carboxylic acids is 4. The lowest BCUT2D eigenvalue weighted by atomic mass is 9.90. The van der Waals surface area contributed by atoms with Crippen LogP contribution in [0, 0.1) is 20.8 Å². The highest BCUT2D eigenvalue weighted by atomic mass is 35.5. The van der Waals surface area contributed by atoms with Crippen molar-refractivity contribution in [3.05, 3.63) is 53.1 Å². The monoisotopic (exact) mass is 420 g/mol. The number of ether oxygens (including phenoxy) is 1. The third-order valence-corrected chi connectivity index (χ3v) is 4.51. The molecule has 0 aromatic heterocycles. The number of benzene rings is 1. The van der Waals surface area contributed by atoms with E-state index in [1.165, 1.54) is 11.8 Å². The lowest BCUT2D eigenvalue weighted by Crippen LogP contribution is -2.33. The molecule has 0 atom stereocenters. The summed E-state index contributed by atoms with van der Waals surface area (Å²) in [6.45, 7) is 13.5. The number of nitrogens with zero attached hydrogens (tertiary/aromatic N) is 1. The van der Waals surface area contributed by atoms with E-state index in [9.17, 15) is 19.2 Å². The van der Waals surface area contributed by atoms with Gasteiger partial charge in [-0.15, -0.1) is 13.2 Å². The largest absolute Gasteiger partial charge is 0.456 e. The minimum Gasteiger partial charge on any atom is -0.456 e. The predicted molar refractivity (Wildman–Crippen MR) is 112 cm³/mol. The van der Waals surface area contributed by atoms with E-state index < -0.39 is 23.7 Å². The van der Waals surface area contributed by atoms with Crippen molar-refractivity contribution in [3.63, 3.8) is 0 Å². The van der Waals surface area contributed by atoms with Crippen LogP contribution in [-0.2, 0) is 14.3 Å². The fourth-order valence-corrected chi connectivity index (χ4v) is 3.36. The smallest absolute Gasteiger partial charge is 0.303 e. The molecule has 156 valence electrons. The van der Waals surface area contributed by atoms with E-state index in [1.807, 2.05) is 0 Å². The van der Waals surface area contributed by atoms with Gasteiger partial charge in [-0.3, -0.25) is 19.2 Å². The van der Waals surface area contributed by atoms with Crippen LogP contribution in [-0.4, -0.2) is 47.6 Å². The third kappa shape index (κ3) is 5.77. The van der Waals surface area contributed by atoms with Crippen molar-refractivity contribution in [2.45, 2.75) is 27.7 Å². The first-order valence-corrected chi connectivity index (χ1v) is 9.22. The van der Waals surface area contributed by atoms with Crippen molar-refractivity contribution in [2.75, 3.05) is 25.0 Å². The standard InChI is InChI=1S/C21H25ClN2O5/c1-7-9-24(10-8-2)21(28)18-12(3)17(20(22)27)13(4)19(14(18)5)23-16(26)11-29-15(6)25/h7-8H,1-2,9-11H2,3-6H3,(H,23,26). The van der Waals surface area contributed by atoms with Gasteiger partial charge in [0.1, 0.15) is 0 Å². The normalized spacial score (nSPS) is 10.1. The van der Waals surface area contributed by atoms with Gasteiger partial charge in [-0.25, -0.2) is 0 Å². The highest BCUT2D eigenvalue weighted by molar-refractivity contribution is 6.68. The maximum absolute atomic E-state index is 13.2. The van der Waals surface area contributed by atoms with E-state index >= 15 is 0 Å². The molecule has 1 rings (SSSR count). The lowest BCUT2D eigenvalue weighted by molar-refractivity contribution is -0.144. The first-order valence-electron chi connectivity index (χ1n) is 8.84. The van der Waals surface area contributed by atoms with E-state index in [0.717, 1.165) is 0 Å². The molecule has 1 N–H and O–H groups in total. The molecular weight excluding hydrogens is 396 g/mol. The Hall–Kier alpha value is -2.93. The molecule has 0 spiro atoms. The Labute approximate surface area is 175 Å². The minimum absolute atomic E-state index is 0.139. The van der Waals surface area contributed by atoms with Gasteiger partial charge in [0, 0.05) is 36.8 Å². The summed E-state index contributed by atoms with van der Waals surface area (Å²) >= 11 is 5.78. The Morgan fingerprint density at radius 3 is 1.97 bits per heavy atom. The molecule has 1 aromatic rings. The summed E-state index contributed by atoms with van der Waals surface area (Å²) in [5, 5.41) is 1.87. The highest BCUT2D eigenvalue weighted by Gasteiger charge is 2.27. The van der Waals surface area contributed by atoms with E-state index in [-0.39, 0.29) is 35.8 Å². The van der Waals surface area contributed by atoms with Crippen LogP contribution in [0.1, 0.15) is 44.3 Å². The van der Waals surface area contributed by atoms with Crippen LogP contribution < -0.4 is 5.32 Å². The van der Waals surface area contributed by atoms with Gasteiger partial charge in [-0.2, -0.15) is 0 Å². The topological polar surface area (TPSA) is 92.8 Å². The number of hydrogen-bond donors (Lipinski definition) is 1. The van der Waals surface area contributed by atoms with Crippen molar-refractivity contribution in [2.24, 2.45) is 0 Å². The minimum atomic E-state index is -0.747. The molecule has 0 saturated heterocycles. The van der Waals surface area contributed by atoms with Gasteiger partial charge >= 0.3 is 5.97 Å². The van der Waals surface area contributed by atoms with Crippen molar-refractivity contribution < 1.29 is 23.9 Å². The summed E-state index contributed by atoms with van der Waals surface area (Å²) in [6, 6.07) is 0. The molecule has 0 radical (unpaired) electrons. The van der Waals surface area contributed by atoms with Gasteiger partial charge in [-0.1, -0.05) is 12.2 Å². The highest BCUT2D eigenvalue weighted by Crippen LogP contribution is 2.33. The zero-order valence-corrected chi connectivity index (χ0v) is 17.8. The average Bonchev–Trinajstić information content (AvgIpc) is 2.62. The van der Waals surface area contributed by atoms with Gasteiger partial charge in [0.25, 0.3) is 17.1 Å². The quantitative estimate of drug-likeness (QED) is 0.376. The fraction of sp³-hybridized carbons (Fsp3) is 0.333. The molecule has 0 unspecified atom stereocenters. The van der Waals surface area contributed by atoms with Crippen LogP contribution in [0.25, 0.3) is 0 Å². The Bertz CT molecular complexity index is 867.